The normalized spacial score (nSPS) is 12.5. The van der Waals surface area contributed by atoms with Crippen LogP contribution >= 0.6 is 0 Å². The Morgan fingerprint density at radius 3 is 2.80 bits per heavy atom. The zero-order valence-electron chi connectivity index (χ0n) is 9.44. The Morgan fingerprint density at radius 2 is 2.13 bits per heavy atom. The van der Waals surface area contributed by atoms with Gasteiger partial charge in [-0.1, -0.05) is 18.2 Å². The van der Waals surface area contributed by atoms with Crippen molar-refractivity contribution < 1.29 is 15.2 Å². The summed E-state index contributed by atoms with van der Waals surface area (Å²) < 4.78 is 5.61. The summed E-state index contributed by atoms with van der Waals surface area (Å²) in [6.45, 7) is 6.11. The summed E-state index contributed by atoms with van der Waals surface area (Å²) in [6.07, 6.45) is -0.247. The number of hydrogen-bond donors (Lipinski definition) is 2. The highest BCUT2D eigenvalue weighted by Gasteiger charge is 1.99. The first-order valence-electron chi connectivity index (χ1n) is 5.38. The summed E-state index contributed by atoms with van der Waals surface area (Å²) in [6, 6.07) is 7.99. The number of rotatable bonds is 6. The highest BCUT2D eigenvalue weighted by Crippen LogP contribution is 2.15. The van der Waals surface area contributed by atoms with Gasteiger partial charge in [0.1, 0.15) is 25.4 Å². The van der Waals surface area contributed by atoms with Gasteiger partial charge >= 0.3 is 0 Å². The summed E-state index contributed by atoms with van der Waals surface area (Å²) >= 11 is 0. The molecule has 0 heterocycles. The molecule has 1 atom stereocenters. The van der Waals surface area contributed by atoms with Gasteiger partial charge in [-0.25, -0.2) is 0 Å². The molecule has 3 heteroatoms. The maximum absolute atomic E-state index is 9.04. The van der Waals surface area contributed by atoms with Gasteiger partial charge < -0.3 is 15.2 Å². The molecule has 3 nitrogen and oxygen atoms in total. The van der Waals surface area contributed by atoms with Crippen LogP contribution < -0.4 is 10.1 Å². The quantitative estimate of drug-likeness (QED) is 0.664. The molecular weight excluding hydrogens is 190 g/mol. The van der Waals surface area contributed by atoms with Gasteiger partial charge in [0.25, 0.3) is 0 Å². The van der Waals surface area contributed by atoms with Crippen molar-refractivity contribution in [3.8, 4) is 5.75 Å². The van der Waals surface area contributed by atoms with E-state index in [1.165, 1.54) is 0 Å². The molecular formula is C12H20NO2+. The molecule has 0 radical (unpaired) electrons. The first-order valence-corrected chi connectivity index (χ1v) is 5.38. The van der Waals surface area contributed by atoms with Crippen molar-refractivity contribution in [1.82, 2.24) is 0 Å². The molecule has 0 spiro atoms. The third-order valence-corrected chi connectivity index (χ3v) is 2.18. The molecule has 0 amide bonds. The lowest BCUT2D eigenvalue weighted by molar-refractivity contribution is -0.661. The van der Waals surface area contributed by atoms with Crippen molar-refractivity contribution >= 4 is 0 Å². The largest absolute Gasteiger partial charge is 0.487 e. The van der Waals surface area contributed by atoms with E-state index in [4.69, 9.17) is 9.84 Å². The second-order valence-corrected chi connectivity index (χ2v) is 3.78. The number of aliphatic hydroxyl groups is 1. The number of ether oxygens (including phenoxy) is 1. The van der Waals surface area contributed by atoms with E-state index in [9.17, 15) is 0 Å². The molecule has 0 saturated carbocycles. The van der Waals surface area contributed by atoms with Crippen LogP contribution in [0.2, 0.25) is 0 Å². The fourth-order valence-electron chi connectivity index (χ4n) is 1.33. The second kappa shape index (κ2) is 6.43. The first kappa shape index (κ1) is 12.0. The molecule has 0 unspecified atom stereocenters. The third-order valence-electron chi connectivity index (χ3n) is 2.18. The van der Waals surface area contributed by atoms with E-state index in [1.54, 1.807) is 6.92 Å². The van der Waals surface area contributed by atoms with Gasteiger partial charge in [-0.3, -0.25) is 0 Å². The molecule has 0 aliphatic rings. The molecule has 0 saturated heterocycles. The minimum absolute atomic E-state index is 0.247. The molecule has 1 aromatic rings. The van der Waals surface area contributed by atoms with Crippen molar-refractivity contribution in [2.45, 2.75) is 20.0 Å². The van der Waals surface area contributed by atoms with Gasteiger partial charge in [-0.05, 0) is 25.5 Å². The van der Waals surface area contributed by atoms with Gasteiger partial charge in [0.2, 0.25) is 0 Å². The monoisotopic (exact) mass is 210 g/mol. The first-order chi connectivity index (χ1) is 7.20. The zero-order chi connectivity index (χ0) is 11.1. The van der Waals surface area contributed by atoms with Gasteiger partial charge in [-0.2, -0.15) is 0 Å². The zero-order valence-corrected chi connectivity index (χ0v) is 9.44. The summed E-state index contributed by atoms with van der Waals surface area (Å²) in [7, 11) is 0. The molecule has 3 N–H and O–H groups in total. The van der Waals surface area contributed by atoms with Crippen molar-refractivity contribution in [2.75, 3.05) is 19.7 Å². The van der Waals surface area contributed by atoms with E-state index in [2.05, 4.69) is 5.32 Å². The molecule has 15 heavy (non-hydrogen) atoms. The Labute approximate surface area is 91.1 Å². The van der Waals surface area contributed by atoms with Crippen LogP contribution in [0.1, 0.15) is 12.5 Å². The summed E-state index contributed by atoms with van der Waals surface area (Å²) in [4.78, 5) is 0. The standard InChI is InChI=1S/C12H19NO2/c1-10-5-3-4-6-12(10)15-8-7-13-9-11(2)14/h3-6,11,13-14H,7-9H2,1-2H3/p+1/t11-/m1/s1. The third kappa shape index (κ3) is 4.81. The van der Waals surface area contributed by atoms with Crippen molar-refractivity contribution in [2.24, 2.45) is 0 Å². The molecule has 1 rings (SSSR count). The number of para-hydroxylation sites is 1. The Morgan fingerprint density at radius 1 is 1.40 bits per heavy atom. The van der Waals surface area contributed by atoms with Crippen molar-refractivity contribution in [1.29, 1.82) is 0 Å². The number of nitrogens with two attached hydrogens (primary N) is 1. The van der Waals surface area contributed by atoms with Crippen LogP contribution in [0.4, 0.5) is 0 Å². The number of aryl methyl sites for hydroxylation is 1. The molecule has 0 aliphatic heterocycles. The Bertz CT molecular complexity index is 287. The SMILES string of the molecule is Cc1ccccc1OCC[NH2+]C[C@@H](C)O. The smallest absolute Gasteiger partial charge is 0.137 e. The van der Waals surface area contributed by atoms with Crippen LogP contribution in [-0.2, 0) is 0 Å². The lowest BCUT2D eigenvalue weighted by Crippen LogP contribution is -2.87. The van der Waals surface area contributed by atoms with Crippen LogP contribution in [0.5, 0.6) is 5.75 Å². The minimum Gasteiger partial charge on any atom is -0.487 e. The van der Waals surface area contributed by atoms with Crippen molar-refractivity contribution in [3.05, 3.63) is 29.8 Å². The predicted molar refractivity (Wildman–Crippen MR) is 60.0 cm³/mol. The maximum atomic E-state index is 9.04. The van der Waals surface area contributed by atoms with Crippen LogP contribution in [0.15, 0.2) is 24.3 Å². The Balaban J connectivity index is 2.18. The topological polar surface area (TPSA) is 46.1 Å². The fourth-order valence-corrected chi connectivity index (χ4v) is 1.33. The Kier molecular flexibility index (Phi) is 5.15. The van der Waals surface area contributed by atoms with Gasteiger partial charge in [-0.15, -0.1) is 0 Å². The van der Waals surface area contributed by atoms with E-state index >= 15 is 0 Å². The van der Waals surface area contributed by atoms with Crippen LogP contribution in [0.3, 0.4) is 0 Å². The fraction of sp³-hybridized carbons (Fsp3) is 0.500. The van der Waals surface area contributed by atoms with Crippen molar-refractivity contribution in [3.63, 3.8) is 0 Å². The van der Waals surface area contributed by atoms with E-state index in [1.807, 2.05) is 31.2 Å². The highest BCUT2D eigenvalue weighted by atomic mass is 16.5. The highest BCUT2D eigenvalue weighted by molar-refractivity contribution is 5.31. The second-order valence-electron chi connectivity index (χ2n) is 3.78. The molecule has 0 fully saturated rings. The minimum atomic E-state index is -0.247. The Hall–Kier alpha value is -1.06. The van der Waals surface area contributed by atoms with Gasteiger partial charge in [0.05, 0.1) is 6.10 Å². The van der Waals surface area contributed by atoms with E-state index in [0.29, 0.717) is 6.61 Å². The number of hydrogen-bond acceptors (Lipinski definition) is 2. The summed E-state index contributed by atoms with van der Waals surface area (Å²) in [5.41, 5.74) is 1.16. The molecule has 84 valence electrons. The summed E-state index contributed by atoms with van der Waals surface area (Å²) in [5, 5.41) is 11.1. The van der Waals surface area contributed by atoms with E-state index in [0.717, 1.165) is 24.4 Å². The van der Waals surface area contributed by atoms with E-state index in [-0.39, 0.29) is 6.10 Å². The average molecular weight is 210 g/mol. The lowest BCUT2D eigenvalue weighted by Gasteiger charge is -2.08. The maximum Gasteiger partial charge on any atom is 0.137 e. The van der Waals surface area contributed by atoms with Crippen LogP contribution in [0.25, 0.3) is 0 Å². The summed E-state index contributed by atoms with van der Waals surface area (Å²) in [5.74, 6) is 0.947. The molecule has 0 aromatic heterocycles. The molecule has 1 aromatic carbocycles. The van der Waals surface area contributed by atoms with Gasteiger partial charge in [0.15, 0.2) is 0 Å². The predicted octanol–water partition coefficient (Wildman–Crippen LogP) is 0.318. The van der Waals surface area contributed by atoms with Crippen LogP contribution in [0, 0.1) is 6.92 Å². The number of benzene rings is 1. The average Bonchev–Trinajstić information content (AvgIpc) is 2.20. The molecule has 0 bridgehead atoms. The lowest BCUT2D eigenvalue weighted by atomic mass is 10.2. The van der Waals surface area contributed by atoms with Gasteiger partial charge in [0, 0.05) is 0 Å². The molecule has 0 aliphatic carbocycles. The van der Waals surface area contributed by atoms with Crippen LogP contribution in [-0.4, -0.2) is 30.9 Å². The number of aliphatic hydroxyl groups excluding tert-OH is 1. The van der Waals surface area contributed by atoms with E-state index < -0.39 is 0 Å². The number of quaternary nitrogens is 1.